The van der Waals surface area contributed by atoms with Crippen LogP contribution in [-0.2, 0) is 17.9 Å². The number of anilines is 1. The first-order valence-electron chi connectivity index (χ1n) is 11.7. The smallest absolute Gasteiger partial charge is 0.230 e. The summed E-state index contributed by atoms with van der Waals surface area (Å²) in [5.74, 6) is 0.781. The Labute approximate surface area is 214 Å². The third kappa shape index (κ3) is 4.36. The molecule has 4 aromatic rings. The predicted octanol–water partition coefficient (Wildman–Crippen LogP) is 6.02. The monoisotopic (exact) mass is 511 g/mol. The van der Waals surface area contributed by atoms with E-state index in [0.29, 0.717) is 41.3 Å². The van der Waals surface area contributed by atoms with Crippen molar-refractivity contribution in [3.63, 3.8) is 0 Å². The lowest BCUT2D eigenvalue weighted by molar-refractivity contribution is -0.119. The van der Waals surface area contributed by atoms with Crippen LogP contribution in [0.3, 0.4) is 0 Å². The number of hydrogen-bond acceptors (Lipinski definition) is 4. The molecule has 35 heavy (non-hydrogen) atoms. The Balaban J connectivity index is 1.45. The van der Waals surface area contributed by atoms with Crippen LogP contribution in [-0.4, -0.2) is 35.0 Å². The van der Waals surface area contributed by atoms with E-state index < -0.39 is 0 Å². The van der Waals surface area contributed by atoms with Crippen molar-refractivity contribution >= 4 is 34.9 Å². The Morgan fingerprint density at radius 2 is 1.83 bits per heavy atom. The van der Waals surface area contributed by atoms with Gasteiger partial charge in [-0.25, -0.2) is 9.67 Å². The van der Waals surface area contributed by atoms with Gasteiger partial charge in [-0.15, -0.1) is 0 Å². The molecule has 3 aromatic heterocycles. The van der Waals surface area contributed by atoms with Crippen molar-refractivity contribution in [2.75, 3.05) is 4.90 Å². The molecule has 1 aliphatic rings. The van der Waals surface area contributed by atoms with E-state index in [0.717, 1.165) is 28.3 Å². The number of aryl methyl sites for hydroxylation is 1. The summed E-state index contributed by atoms with van der Waals surface area (Å²) in [5, 5.41) is 10.3. The van der Waals surface area contributed by atoms with E-state index in [-0.39, 0.29) is 11.9 Å². The summed E-state index contributed by atoms with van der Waals surface area (Å²) < 4.78 is 5.75. The van der Waals surface area contributed by atoms with Gasteiger partial charge in [0.1, 0.15) is 17.2 Å². The van der Waals surface area contributed by atoms with Crippen molar-refractivity contribution in [1.29, 1.82) is 0 Å². The molecule has 0 saturated carbocycles. The van der Waals surface area contributed by atoms with E-state index in [9.17, 15) is 4.79 Å². The van der Waals surface area contributed by atoms with Crippen LogP contribution in [0.4, 0.5) is 5.82 Å². The van der Waals surface area contributed by atoms with Crippen LogP contribution in [0.2, 0.25) is 10.0 Å². The summed E-state index contributed by atoms with van der Waals surface area (Å²) in [6.45, 7) is 9.20. The molecule has 0 fully saturated rings. The maximum Gasteiger partial charge on any atom is 0.230 e. The van der Waals surface area contributed by atoms with Crippen LogP contribution in [0.5, 0.6) is 0 Å². The fraction of sp³-hybridized carbons (Fsp3) is 0.360. The molecule has 0 spiro atoms. The molecule has 182 valence electrons. The zero-order valence-electron chi connectivity index (χ0n) is 20.1. The summed E-state index contributed by atoms with van der Waals surface area (Å²) in [7, 11) is 0. The van der Waals surface area contributed by atoms with E-state index in [1.165, 1.54) is 0 Å². The average Bonchev–Trinajstić information content (AvgIpc) is 3.53. The van der Waals surface area contributed by atoms with Crippen LogP contribution in [0, 0.1) is 0 Å². The molecule has 5 rings (SSSR count). The molecule has 0 N–H and O–H groups in total. The van der Waals surface area contributed by atoms with Gasteiger partial charge in [-0.05, 0) is 39.3 Å². The highest BCUT2D eigenvalue weighted by Gasteiger charge is 2.28. The first kappa shape index (κ1) is 23.6. The van der Waals surface area contributed by atoms with E-state index >= 15 is 0 Å². The molecule has 1 amide bonds. The van der Waals surface area contributed by atoms with Gasteiger partial charge in [-0.2, -0.15) is 10.2 Å². The van der Waals surface area contributed by atoms with Crippen LogP contribution in [0.25, 0.3) is 22.6 Å². The summed E-state index contributed by atoms with van der Waals surface area (Å²) in [5.41, 5.74) is 4.07. The third-order valence-corrected chi connectivity index (χ3v) is 6.79. The lowest BCUT2D eigenvalue weighted by Crippen LogP contribution is -2.36. The third-order valence-electron chi connectivity index (χ3n) is 6.20. The number of aromatic nitrogens is 6. The maximum absolute atomic E-state index is 12.9. The summed E-state index contributed by atoms with van der Waals surface area (Å²) in [6, 6.07) is 8.21. The predicted molar refractivity (Wildman–Crippen MR) is 138 cm³/mol. The molecule has 10 heteroatoms. The largest absolute Gasteiger partial charge is 0.334 e. The zero-order valence-corrected chi connectivity index (χ0v) is 21.6. The zero-order chi connectivity index (χ0) is 24.9. The van der Waals surface area contributed by atoms with Gasteiger partial charge in [0.25, 0.3) is 0 Å². The molecule has 4 heterocycles. The van der Waals surface area contributed by atoms with Gasteiger partial charge >= 0.3 is 0 Å². The van der Waals surface area contributed by atoms with Gasteiger partial charge in [-0.3, -0.25) is 14.4 Å². The minimum atomic E-state index is 0.0447. The maximum atomic E-state index is 12.9. The second kappa shape index (κ2) is 9.17. The molecular weight excluding hydrogens is 485 g/mol. The van der Waals surface area contributed by atoms with Gasteiger partial charge in [0.15, 0.2) is 0 Å². The van der Waals surface area contributed by atoms with Crippen molar-refractivity contribution < 1.29 is 4.79 Å². The fourth-order valence-corrected chi connectivity index (χ4v) is 4.84. The standard InChI is InChI=1S/C25H27Cl2N7O/c1-15(2)31-13-22(28-14-31)18-6-5-17(9-19(18)26)12-32-23-10-21(30-33(23)8-7-24(32)35)25-20(27)11-29-34(25)16(3)4/h5-6,9-11,13-16H,7-8,12H2,1-4H3. The quantitative estimate of drug-likeness (QED) is 0.317. The topological polar surface area (TPSA) is 73.8 Å². The number of rotatable bonds is 6. The van der Waals surface area contributed by atoms with Crippen molar-refractivity contribution in [2.45, 2.75) is 59.3 Å². The Hall–Kier alpha value is -3.10. The number of imidazole rings is 1. The molecule has 8 nitrogen and oxygen atoms in total. The lowest BCUT2D eigenvalue weighted by Gasteiger charge is -2.27. The first-order chi connectivity index (χ1) is 16.7. The highest BCUT2D eigenvalue weighted by molar-refractivity contribution is 6.33. The van der Waals surface area contributed by atoms with Gasteiger partial charge in [0.05, 0.1) is 41.4 Å². The Kier molecular flexibility index (Phi) is 6.19. The Bertz CT molecular complexity index is 1400. The molecule has 0 saturated heterocycles. The minimum Gasteiger partial charge on any atom is -0.334 e. The highest BCUT2D eigenvalue weighted by atomic mass is 35.5. The summed E-state index contributed by atoms with van der Waals surface area (Å²) >= 11 is 13.1. The number of fused-ring (bicyclic) bond motifs is 1. The average molecular weight is 512 g/mol. The fourth-order valence-electron chi connectivity index (χ4n) is 4.32. The van der Waals surface area contributed by atoms with Crippen LogP contribution < -0.4 is 4.90 Å². The number of amides is 1. The van der Waals surface area contributed by atoms with Crippen molar-refractivity contribution in [3.05, 3.63) is 58.6 Å². The Morgan fingerprint density at radius 3 is 2.51 bits per heavy atom. The van der Waals surface area contributed by atoms with E-state index in [2.05, 4.69) is 23.9 Å². The van der Waals surface area contributed by atoms with Gasteiger partial charge in [-0.1, -0.05) is 35.3 Å². The van der Waals surface area contributed by atoms with Crippen molar-refractivity contribution in [1.82, 2.24) is 29.1 Å². The molecule has 1 aromatic carbocycles. The van der Waals surface area contributed by atoms with E-state index in [4.69, 9.17) is 28.3 Å². The second-order valence-electron chi connectivity index (χ2n) is 9.33. The van der Waals surface area contributed by atoms with Crippen molar-refractivity contribution in [2.24, 2.45) is 0 Å². The van der Waals surface area contributed by atoms with Gasteiger partial charge in [0.2, 0.25) is 5.91 Å². The number of halogens is 2. The van der Waals surface area contributed by atoms with Crippen LogP contribution in [0.15, 0.2) is 43.0 Å². The molecule has 0 atom stereocenters. The molecule has 0 aliphatic carbocycles. The Morgan fingerprint density at radius 1 is 1.03 bits per heavy atom. The number of nitrogens with zero attached hydrogens (tertiary/aromatic N) is 7. The van der Waals surface area contributed by atoms with Crippen LogP contribution >= 0.6 is 23.2 Å². The molecule has 1 aliphatic heterocycles. The summed E-state index contributed by atoms with van der Waals surface area (Å²) in [4.78, 5) is 19.2. The molecule has 0 unspecified atom stereocenters. The molecule has 0 radical (unpaired) electrons. The normalized spacial score (nSPS) is 13.8. The number of carbonyl (C=O) groups excluding carboxylic acids is 1. The second-order valence-corrected chi connectivity index (χ2v) is 10.1. The number of carbonyl (C=O) groups is 1. The number of benzene rings is 1. The molecular formula is C25H27Cl2N7O. The van der Waals surface area contributed by atoms with E-state index in [1.54, 1.807) is 11.1 Å². The van der Waals surface area contributed by atoms with E-state index in [1.807, 2.05) is 64.6 Å². The summed E-state index contributed by atoms with van der Waals surface area (Å²) in [6.07, 6.45) is 5.81. The van der Waals surface area contributed by atoms with Gasteiger partial charge < -0.3 is 4.57 Å². The van der Waals surface area contributed by atoms with Gasteiger partial charge in [0, 0.05) is 36.3 Å². The van der Waals surface area contributed by atoms with Crippen molar-refractivity contribution in [3.8, 4) is 22.6 Å². The SMILES string of the molecule is CC(C)n1cnc(-c2ccc(CN3C(=O)CCn4nc(-c5c(Cl)cnn5C(C)C)cc43)cc2Cl)c1. The molecule has 0 bridgehead atoms. The van der Waals surface area contributed by atoms with Crippen LogP contribution in [0.1, 0.15) is 51.8 Å². The first-order valence-corrected chi connectivity index (χ1v) is 12.4. The highest BCUT2D eigenvalue weighted by Crippen LogP contribution is 2.35. The lowest BCUT2D eigenvalue weighted by atomic mass is 10.1. The minimum absolute atomic E-state index is 0.0447. The number of hydrogen-bond donors (Lipinski definition) is 0.